The van der Waals surface area contributed by atoms with Crippen molar-refractivity contribution in [1.29, 1.82) is 0 Å². The Morgan fingerprint density at radius 1 is 1.18 bits per heavy atom. The van der Waals surface area contributed by atoms with Gasteiger partial charge in [0.25, 0.3) is 5.91 Å². The van der Waals surface area contributed by atoms with Crippen LogP contribution in [0.5, 0.6) is 0 Å². The van der Waals surface area contributed by atoms with Gasteiger partial charge in [0.2, 0.25) is 5.91 Å². The van der Waals surface area contributed by atoms with Crippen LogP contribution < -0.4 is 10.6 Å². The molecule has 2 fully saturated rings. The quantitative estimate of drug-likeness (QED) is 0.736. The standard InChI is InChI=1S/C20H27ClN4O3/c1-13(2)12-24-10-8-20(9-11-24)18(27)25(19(28)23-20)14(3)17(26)22-16-6-4-15(21)5-7-16/h4-7,13-14H,8-12H2,1-3H3,(H,22,26)(H,23,28). The zero-order chi connectivity index (χ0) is 20.5. The molecule has 1 atom stereocenters. The predicted molar refractivity (Wildman–Crippen MR) is 108 cm³/mol. The van der Waals surface area contributed by atoms with Gasteiger partial charge in [0.15, 0.2) is 0 Å². The minimum atomic E-state index is -0.906. The third-order valence-corrected chi connectivity index (χ3v) is 5.66. The van der Waals surface area contributed by atoms with E-state index in [4.69, 9.17) is 11.6 Å². The largest absolute Gasteiger partial charge is 0.325 e. The molecule has 2 aliphatic heterocycles. The SMILES string of the molecule is CC(C)CN1CCC2(CC1)NC(=O)N(C(C)C(=O)Nc1ccc(Cl)cc1)C2=O. The van der Waals surface area contributed by atoms with Gasteiger partial charge >= 0.3 is 6.03 Å². The number of urea groups is 1. The first-order chi connectivity index (χ1) is 13.2. The summed E-state index contributed by atoms with van der Waals surface area (Å²) in [6, 6.07) is 5.26. The van der Waals surface area contributed by atoms with Gasteiger partial charge in [0, 0.05) is 30.3 Å². The molecule has 0 aliphatic carbocycles. The molecule has 152 valence electrons. The lowest BCUT2D eigenvalue weighted by molar-refractivity contribution is -0.137. The smallest absolute Gasteiger partial charge is 0.324 e. The van der Waals surface area contributed by atoms with Crippen LogP contribution in [-0.2, 0) is 9.59 Å². The summed E-state index contributed by atoms with van der Waals surface area (Å²) in [4.78, 5) is 41.6. The highest BCUT2D eigenvalue weighted by molar-refractivity contribution is 6.30. The van der Waals surface area contributed by atoms with E-state index in [2.05, 4.69) is 29.4 Å². The Morgan fingerprint density at radius 2 is 1.79 bits per heavy atom. The van der Waals surface area contributed by atoms with Crippen molar-refractivity contribution in [3.8, 4) is 0 Å². The Kier molecular flexibility index (Phi) is 5.95. The van der Waals surface area contributed by atoms with Gasteiger partial charge in [0.05, 0.1) is 0 Å². The van der Waals surface area contributed by atoms with Crippen LogP contribution in [-0.4, -0.2) is 58.9 Å². The number of anilines is 1. The molecule has 1 unspecified atom stereocenters. The molecule has 8 heteroatoms. The van der Waals surface area contributed by atoms with Gasteiger partial charge in [-0.1, -0.05) is 25.4 Å². The lowest BCUT2D eigenvalue weighted by atomic mass is 9.87. The van der Waals surface area contributed by atoms with E-state index in [0.717, 1.165) is 24.5 Å². The summed E-state index contributed by atoms with van der Waals surface area (Å²) >= 11 is 5.85. The second kappa shape index (κ2) is 8.09. The topological polar surface area (TPSA) is 81.8 Å². The van der Waals surface area contributed by atoms with Crippen LogP contribution in [0.1, 0.15) is 33.6 Å². The Bertz CT molecular complexity index is 757. The number of carbonyl (C=O) groups excluding carboxylic acids is 3. The van der Waals surface area contributed by atoms with Gasteiger partial charge in [-0.15, -0.1) is 0 Å². The Hall–Kier alpha value is -2.12. The van der Waals surface area contributed by atoms with E-state index in [1.54, 1.807) is 31.2 Å². The van der Waals surface area contributed by atoms with Gasteiger partial charge in [0.1, 0.15) is 11.6 Å². The third-order valence-electron chi connectivity index (χ3n) is 5.40. The molecule has 3 rings (SSSR count). The number of nitrogens with zero attached hydrogens (tertiary/aromatic N) is 2. The maximum absolute atomic E-state index is 13.1. The Balaban J connectivity index is 1.66. The summed E-state index contributed by atoms with van der Waals surface area (Å²) in [6.45, 7) is 8.37. The lowest BCUT2D eigenvalue weighted by Gasteiger charge is -2.38. The van der Waals surface area contributed by atoms with Crippen LogP contribution in [0, 0.1) is 5.92 Å². The molecule has 0 saturated carbocycles. The minimum absolute atomic E-state index is 0.305. The molecule has 0 radical (unpaired) electrons. The van der Waals surface area contributed by atoms with Crippen LogP contribution in [0.25, 0.3) is 0 Å². The molecule has 2 aliphatic rings. The van der Waals surface area contributed by atoms with Gasteiger partial charge in [-0.3, -0.25) is 9.59 Å². The van der Waals surface area contributed by atoms with Crippen molar-refractivity contribution < 1.29 is 14.4 Å². The molecule has 7 nitrogen and oxygen atoms in total. The Morgan fingerprint density at radius 3 is 2.36 bits per heavy atom. The summed E-state index contributed by atoms with van der Waals surface area (Å²) in [5.74, 6) is -0.170. The van der Waals surface area contributed by atoms with Gasteiger partial charge in [-0.2, -0.15) is 0 Å². The van der Waals surface area contributed by atoms with Crippen LogP contribution >= 0.6 is 11.6 Å². The van der Waals surface area contributed by atoms with Crippen molar-refractivity contribution in [1.82, 2.24) is 15.1 Å². The number of imide groups is 1. The van der Waals surface area contributed by atoms with Crippen LogP contribution in [0.2, 0.25) is 5.02 Å². The molecule has 1 aromatic rings. The average Bonchev–Trinajstić information content (AvgIpc) is 2.88. The molecule has 2 saturated heterocycles. The summed E-state index contributed by atoms with van der Waals surface area (Å²) in [7, 11) is 0. The van der Waals surface area contributed by atoms with Gasteiger partial charge < -0.3 is 15.5 Å². The van der Waals surface area contributed by atoms with E-state index in [0.29, 0.717) is 29.5 Å². The first kappa shape index (κ1) is 20.6. The number of nitrogens with one attached hydrogen (secondary N) is 2. The second-order valence-corrected chi connectivity index (χ2v) is 8.49. The number of carbonyl (C=O) groups is 3. The van der Waals surface area contributed by atoms with Gasteiger partial charge in [-0.05, 0) is 49.9 Å². The summed E-state index contributed by atoms with van der Waals surface area (Å²) in [5, 5.41) is 6.15. The molecular formula is C20H27ClN4O3. The molecule has 28 heavy (non-hydrogen) atoms. The van der Waals surface area contributed by atoms with E-state index in [1.807, 2.05) is 0 Å². The number of rotatable bonds is 5. The van der Waals surface area contributed by atoms with E-state index in [1.165, 1.54) is 0 Å². The van der Waals surface area contributed by atoms with Crippen molar-refractivity contribution in [3.05, 3.63) is 29.3 Å². The predicted octanol–water partition coefficient (Wildman–Crippen LogP) is 2.71. The third kappa shape index (κ3) is 4.15. The maximum Gasteiger partial charge on any atom is 0.325 e. The number of piperidine rings is 1. The highest BCUT2D eigenvalue weighted by atomic mass is 35.5. The maximum atomic E-state index is 13.1. The van der Waals surface area contributed by atoms with Crippen LogP contribution in [0.3, 0.4) is 0 Å². The first-order valence-corrected chi connectivity index (χ1v) is 10.0. The molecule has 1 aromatic carbocycles. The van der Waals surface area contributed by atoms with Crippen molar-refractivity contribution in [3.63, 3.8) is 0 Å². The van der Waals surface area contributed by atoms with Gasteiger partial charge in [-0.25, -0.2) is 9.69 Å². The minimum Gasteiger partial charge on any atom is -0.324 e. The molecule has 2 N–H and O–H groups in total. The fraction of sp³-hybridized carbons (Fsp3) is 0.550. The second-order valence-electron chi connectivity index (χ2n) is 8.05. The first-order valence-electron chi connectivity index (χ1n) is 9.66. The molecular weight excluding hydrogens is 380 g/mol. The van der Waals surface area contributed by atoms with E-state index < -0.39 is 23.5 Å². The monoisotopic (exact) mass is 406 g/mol. The highest BCUT2D eigenvalue weighted by Gasteiger charge is 2.54. The molecule has 0 bridgehead atoms. The average molecular weight is 407 g/mol. The van der Waals surface area contributed by atoms with Crippen molar-refractivity contribution >= 4 is 35.1 Å². The number of likely N-dealkylation sites (tertiary alicyclic amines) is 1. The van der Waals surface area contributed by atoms with Crippen LogP contribution in [0.4, 0.5) is 10.5 Å². The van der Waals surface area contributed by atoms with E-state index >= 15 is 0 Å². The number of hydrogen-bond acceptors (Lipinski definition) is 4. The summed E-state index contributed by atoms with van der Waals surface area (Å²) in [6.07, 6.45) is 1.12. The summed E-state index contributed by atoms with van der Waals surface area (Å²) in [5.41, 5.74) is -0.329. The Labute approximate surface area is 170 Å². The molecule has 1 spiro atoms. The number of amides is 4. The lowest BCUT2D eigenvalue weighted by Crippen LogP contribution is -2.56. The fourth-order valence-electron chi connectivity index (χ4n) is 3.86. The van der Waals surface area contributed by atoms with E-state index in [9.17, 15) is 14.4 Å². The van der Waals surface area contributed by atoms with Crippen LogP contribution in [0.15, 0.2) is 24.3 Å². The highest BCUT2D eigenvalue weighted by Crippen LogP contribution is 2.31. The molecule has 4 amide bonds. The number of benzene rings is 1. The number of halogens is 1. The normalized spacial score (nSPS) is 20.5. The zero-order valence-corrected chi connectivity index (χ0v) is 17.3. The van der Waals surface area contributed by atoms with E-state index in [-0.39, 0.29) is 5.91 Å². The summed E-state index contributed by atoms with van der Waals surface area (Å²) < 4.78 is 0. The van der Waals surface area contributed by atoms with Crippen molar-refractivity contribution in [2.75, 3.05) is 25.0 Å². The fourth-order valence-corrected chi connectivity index (χ4v) is 3.99. The van der Waals surface area contributed by atoms with Crippen molar-refractivity contribution in [2.24, 2.45) is 5.92 Å². The van der Waals surface area contributed by atoms with Crippen molar-refractivity contribution in [2.45, 2.75) is 45.2 Å². The zero-order valence-electron chi connectivity index (χ0n) is 16.5. The molecule has 2 heterocycles. The number of hydrogen-bond donors (Lipinski definition) is 2. The molecule has 0 aromatic heterocycles.